The van der Waals surface area contributed by atoms with Gasteiger partial charge in [0.05, 0.1) is 12.1 Å². The number of carbonyl (C=O) groups is 3. The molecule has 8 nitrogen and oxygen atoms in total. The van der Waals surface area contributed by atoms with Crippen molar-refractivity contribution < 1.29 is 14.4 Å². The quantitative estimate of drug-likeness (QED) is 0.543. The van der Waals surface area contributed by atoms with Gasteiger partial charge in [0.15, 0.2) is 5.13 Å². The molecule has 182 valence electrons. The van der Waals surface area contributed by atoms with Crippen molar-refractivity contribution in [1.82, 2.24) is 20.1 Å². The number of amides is 3. The third-order valence-electron chi connectivity index (χ3n) is 6.88. The van der Waals surface area contributed by atoms with Gasteiger partial charge in [0.1, 0.15) is 6.54 Å². The van der Waals surface area contributed by atoms with Crippen molar-refractivity contribution >= 4 is 34.2 Å². The van der Waals surface area contributed by atoms with Gasteiger partial charge in [-0.25, -0.2) is 4.98 Å². The molecule has 0 aromatic carbocycles. The zero-order valence-corrected chi connectivity index (χ0v) is 20.3. The second kappa shape index (κ2) is 11.9. The molecule has 3 amide bonds. The lowest BCUT2D eigenvalue weighted by molar-refractivity contribution is -0.139. The zero-order chi connectivity index (χ0) is 23.0. The summed E-state index contributed by atoms with van der Waals surface area (Å²) in [7, 11) is 0. The number of rotatable bonds is 10. The number of thiazole rings is 1. The van der Waals surface area contributed by atoms with Crippen molar-refractivity contribution in [2.45, 2.75) is 76.7 Å². The fourth-order valence-corrected chi connectivity index (χ4v) is 5.61. The normalized spacial score (nSPS) is 19.8. The van der Waals surface area contributed by atoms with Crippen LogP contribution in [0.1, 0.15) is 69.9 Å². The summed E-state index contributed by atoms with van der Waals surface area (Å²) in [6.45, 7) is 3.87. The number of aromatic nitrogens is 1. The van der Waals surface area contributed by atoms with Gasteiger partial charge < -0.3 is 20.4 Å². The van der Waals surface area contributed by atoms with Crippen LogP contribution in [-0.4, -0.2) is 71.3 Å². The third-order valence-corrected chi connectivity index (χ3v) is 7.68. The first-order valence-electron chi connectivity index (χ1n) is 12.6. The van der Waals surface area contributed by atoms with E-state index >= 15 is 0 Å². The monoisotopic (exact) mass is 475 g/mol. The molecule has 2 N–H and O–H groups in total. The van der Waals surface area contributed by atoms with Crippen molar-refractivity contribution in [2.24, 2.45) is 5.92 Å². The molecule has 1 aromatic rings. The minimum atomic E-state index is -0.210. The lowest BCUT2D eigenvalue weighted by Crippen LogP contribution is -2.43. The Morgan fingerprint density at radius 3 is 2.45 bits per heavy atom. The van der Waals surface area contributed by atoms with Crippen LogP contribution in [0, 0.1) is 5.92 Å². The van der Waals surface area contributed by atoms with Gasteiger partial charge in [-0.15, -0.1) is 11.3 Å². The number of nitrogens with zero attached hydrogens (tertiary/aromatic N) is 3. The van der Waals surface area contributed by atoms with Crippen LogP contribution in [0.5, 0.6) is 0 Å². The summed E-state index contributed by atoms with van der Waals surface area (Å²) in [6.07, 6.45) is 11.3. The summed E-state index contributed by atoms with van der Waals surface area (Å²) in [5.41, 5.74) is 0.656. The van der Waals surface area contributed by atoms with Crippen LogP contribution in [0.15, 0.2) is 5.38 Å². The average Bonchev–Trinajstić information content (AvgIpc) is 3.58. The largest absolute Gasteiger partial charge is 0.354 e. The first kappa shape index (κ1) is 24.1. The molecule has 2 aliphatic carbocycles. The van der Waals surface area contributed by atoms with Crippen molar-refractivity contribution in [1.29, 1.82) is 0 Å². The number of nitrogens with one attached hydrogen (secondary N) is 2. The third kappa shape index (κ3) is 7.50. The summed E-state index contributed by atoms with van der Waals surface area (Å²) in [6, 6.07) is 0.214. The maximum Gasteiger partial charge on any atom is 0.245 e. The van der Waals surface area contributed by atoms with Crippen molar-refractivity contribution in [2.75, 3.05) is 38.0 Å². The molecule has 0 spiro atoms. The first-order chi connectivity index (χ1) is 16.1. The molecule has 0 unspecified atom stereocenters. The van der Waals surface area contributed by atoms with Crippen molar-refractivity contribution in [3.8, 4) is 0 Å². The van der Waals surface area contributed by atoms with Gasteiger partial charge in [0.25, 0.3) is 0 Å². The molecule has 1 aromatic heterocycles. The van der Waals surface area contributed by atoms with Crippen LogP contribution < -0.4 is 10.6 Å². The van der Waals surface area contributed by atoms with Crippen LogP contribution in [0.4, 0.5) is 5.13 Å². The predicted octanol–water partition coefficient (Wildman–Crippen LogP) is 2.80. The van der Waals surface area contributed by atoms with Gasteiger partial charge >= 0.3 is 0 Å². The van der Waals surface area contributed by atoms with Crippen LogP contribution in [0.25, 0.3) is 0 Å². The van der Waals surface area contributed by atoms with Gasteiger partial charge in [-0.3, -0.25) is 14.4 Å². The fraction of sp³-hybridized carbons (Fsp3) is 0.750. The highest BCUT2D eigenvalue weighted by Gasteiger charge is 2.37. The molecule has 0 bridgehead atoms. The zero-order valence-electron chi connectivity index (χ0n) is 19.5. The van der Waals surface area contributed by atoms with E-state index in [9.17, 15) is 14.4 Å². The molecule has 1 saturated heterocycles. The summed E-state index contributed by atoms with van der Waals surface area (Å²) >= 11 is 1.32. The van der Waals surface area contributed by atoms with Gasteiger partial charge in [-0.1, -0.05) is 25.7 Å². The van der Waals surface area contributed by atoms with Crippen LogP contribution in [0.3, 0.4) is 0 Å². The number of piperidine rings is 1. The van der Waals surface area contributed by atoms with E-state index in [0.717, 1.165) is 58.2 Å². The van der Waals surface area contributed by atoms with Crippen LogP contribution in [-0.2, 0) is 20.8 Å². The second-order valence-corrected chi connectivity index (χ2v) is 10.5. The Morgan fingerprint density at radius 2 is 1.73 bits per heavy atom. The highest BCUT2D eigenvalue weighted by atomic mass is 32.1. The average molecular weight is 476 g/mol. The van der Waals surface area contributed by atoms with E-state index in [1.165, 1.54) is 37.0 Å². The first-order valence-corrected chi connectivity index (χ1v) is 13.5. The van der Waals surface area contributed by atoms with Crippen molar-refractivity contribution in [3.63, 3.8) is 0 Å². The van der Waals surface area contributed by atoms with E-state index in [-0.39, 0.29) is 42.6 Å². The number of carbonyl (C=O) groups excluding carboxylic acids is 3. The lowest BCUT2D eigenvalue weighted by Gasteiger charge is -2.28. The molecule has 1 aliphatic heterocycles. The number of hydrogen-bond donors (Lipinski definition) is 2. The Labute approximate surface area is 200 Å². The van der Waals surface area contributed by atoms with E-state index in [1.807, 2.05) is 5.38 Å². The van der Waals surface area contributed by atoms with E-state index in [0.29, 0.717) is 17.4 Å². The fourth-order valence-electron chi connectivity index (χ4n) is 4.88. The van der Waals surface area contributed by atoms with E-state index in [4.69, 9.17) is 0 Å². The Morgan fingerprint density at radius 1 is 1.00 bits per heavy atom. The second-order valence-electron chi connectivity index (χ2n) is 9.65. The maximum atomic E-state index is 13.0. The van der Waals surface area contributed by atoms with E-state index in [2.05, 4.69) is 20.5 Å². The van der Waals surface area contributed by atoms with Crippen LogP contribution >= 0.6 is 11.3 Å². The molecular formula is C24H37N5O3S. The maximum absolute atomic E-state index is 13.0. The smallest absolute Gasteiger partial charge is 0.245 e. The van der Waals surface area contributed by atoms with Gasteiger partial charge in [0.2, 0.25) is 17.7 Å². The topological polar surface area (TPSA) is 94.6 Å². The number of hydrogen-bond acceptors (Lipinski definition) is 6. The minimum Gasteiger partial charge on any atom is -0.354 e. The minimum absolute atomic E-state index is 0.0480. The Kier molecular flexibility index (Phi) is 8.72. The molecule has 9 heteroatoms. The molecule has 2 heterocycles. The highest BCUT2D eigenvalue weighted by Crippen LogP contribution is 2.32. The number of likely N-dealkylation sites (tertiary alicyclic amines) is 1. The molecule has 33 heavy (non-hydrogen) atoms. The number of anilines is 1. The molecule has 3 aliphatic rings. The Hall–Kier alpha value is -2.00. The summed E-state index contributed by atoms with van der Waals surface area (Å²) in [5.74, 6) is -0.0356. The Balaban J connectivity index is 1.20. The molecule has 0 radical (unpaired) electrons. The summed E-state index contributed by atoms with van der Waals surface area (Å²) in [5, 5.41) is 8.09. The highest BCUT2D eigenvalue weighted by molar-refractivity contribution is 7.13. The molecule has 4 rings (SSSR count). The standard InChI is InChI=1S/C24H37N5O3S/c30-21(25-11-14-28-12-5-2-6-13-28)15-19-17-33-24(26-19)27-22(31)16-29(20-9-10-20)23(32)18-7-3-1-4-8-18/h17-18,20H,1-16H2,(H,25,30)(H,26,27,31). The summed E-state index contributed by atoms with van der Waals surface area (Å²) < 4.78 is 0. The Bertz CT molecular complexity index is 813. The lowest BCUT2D eigenvalue weighted by atomic mass is 9.88. The van der Waals surface area contributed by atoms with Gasteiger partial charge in [-0.05, 0) is 51.6 Å². The van der Waals surface area contributed by atoms with Gasteiger partial charge in [0, 0.05) is 30.4 Å². The van der Waals surface area contributed by atoms with Crippen molar-refractivity contribution in [3.05, 3.63) is 11.1 Å². The molecule has 2 saturated carbocycles. The molecular weight excluding hydrogens is 438 g/mol. The molecule has 0 atom stereocenters. The van der Waals surface area contributed by atoms with E-state index < -0.39 is 0 Å². The predicted molar refractivity (Wildman–Crippen MR) is 129 cm³/mol. The van der Waals surface area contributed by atoms with Crippen LogP contribution in [0.2, 0.25) is 0 Å². The summed E-state index contributed by atoms with van der Waals surface area (Å²) in [4.78, 5) is 46.4. The van der Waals surface area contributed by atoms with E-state index in [1.54, 1.807) is 4.90 Å². The van der Waals surface area contributed by atoms with Gasteiger partial charge in [-0.2, -0.15) is 0 Å². The molecule has 3 fully saturated rings. The SMILES string of the molecule is O=C(Cc1csc(NC(=O)CN(C(=O)C2CCCCC2)C2CC2)n1)NCCN1CCCCC1.